The zero-order valence-electron chi connectivity index (χ0n) is 8.71. The molecular weight excluding hydrogens is 150 g/mol. The second-order valence-electron chi connectivity index (χ2n) is 4.10. The summed E-state index contributed by atoms with van der Waals surface area (Å²) in [5.74, 6) is 0.986. The summed E-state index contributed by atoms with van der Waals surface area (Å²) in [6.45, 7) is 12.6. The predicted octanol–water partition coefficient (Wildman–Crippen LogP) is 2.10. The molecular formula is C10H23NO. The van der Waals surface area contributed by atoms with E-state index in [0.29, 0.717) is 0 Å². The molecule has 0 bridgehead atoms. The van der Waals surface area contributed by atoms with E-state index in [0.717, 1.165) is 5.92 Å². The molecule has 0 aromatic heterocycles. The zero-order valence-corrected chi connectivity index (χ0v) is 8.71. The van der Waals surface area contributed by atoms with Crippen molar-refractivity contribution < 1.29 is 9.96 Å². The summed E-state index contributed by atoms with van der Waals surface area (Å²) >= 11 is 0. The van der Waals surface area contributed by atoms with Crippen molar-refractivity contribution in [3.05, 3.63) is 0 Å². The van der Waals surface area contributed by atoms with Crippen LogP contribution < -0.4 is 0 Å². The molecule has 2 heteroatoms. The molecule has 0 saturated carbocycles. The molecule has 1 rings (SSSR count). The molecule has 1 saturated heterocycles. The Kier molecular flexibility index (Phi) is 4.80. The van der Waals surface area contributed by atoms with Crippen molar-refractivity contribution in [2.75, 3.05) is 26.2 Å². The fourth-order valence-corrected chi connectivity index (χ4v) is 2.10. The Morgan fingerprint density at radius 2 is 1.50 bits per heavy atom. The Balaban J connectivity index is 0.00000121. The average molecular weight is 173 g/mol. The Hall–Kier alpha value is -0.0800. The van der Waals surface area contributed by atoms with Gasteiger partial charge in [-0.25, -0.2) is 0 Å². The van der Waals surface area contributed by atoms with E-state index in [4.69, 9.17) is 0 Å². The number of piperidine rings is 1. The molecule has 0 atom stereocenters. The fraction of sp³-hybridized carbons (Fsp3) is 1.00. The Bertz CT molecular complexity index is 111. The lowest BCUT2D eigenvalue weighted by molar-refractivity contribution is -0.930. The van der Waals surface area contributed by atoms with Crippen LogP contribution in [0.5, 0.6) is 0 Å². The lowest BCUT2D eigenvalue weighted by Crippen LogP contribution is -2.52. The average Bonchev–Trinajstić information content (AvgIpc) is 2.07. The molecule has 0 spiro atoms. The van der Waals surface area contributed by atoms with Crippen LogP contribution in [0.2, 0.25) is 0 Å². The van der Waals surface area contributed by atoms with Crippen LogP contribution in [0.1, 0.15) is 33.6 Å². The lowest BCUT2D eigenvalue weighted by atomic mass is 9.97. The number of likely N-dealkylation sites (tertiary alicyclic amines) is 1. The SMILES string of the molecule is CC[N+]1(CC)CCC(C)CC1.[OH-]. The van der Waals surface area contributed by atoms with Crippen LogP contribution in [0.4, 0.5) is 0 Å². The number of nitrogens with zero attached hydrogens (tertiary/aromatic N) is 1. The normalized spacial score (nSPS) is 23.2. The van der Waals surface area contributed by atoms with Crippen LogP contribution >= 0.6 is 0 Å². The van der Waals surface area contributed by atoms with Gasteiger partial charge in [-0.05, 0) is 32.6 Å². The van der Waals surface area contributed by atoms with E-state index in [1.54, 1.807) is 0 Å². The van der Waals surface area contributed by atoms with Crippen molar-refractivity contribution in [3.8, 4) is 0 Å². The summed E-state index contributed by atoms with van der Waals surface area (Å²) in [6.07, 6.45) is 2.89. The van der Waals surface area contributed by atoms with Gasteiger partial charge >= 0.3 is 0 Å². The minimum atomic E-state index is 0. The molecule has 0 aromatic carbocycles. The molecule has 2 nitrogen and oxygen atoms in total. The van der Waals surface area contributed by atoms with Gasteiger partial charge in [-0.15, -0.1) is 0 Å². The predicted molar refractivity (Wildman–Crippen MR) is 51.4 cm³/mol. The molecule has 0 aliphatic carbocycles. The first-order valence-electron chi connectivity index (χ1n) is 5.07. The minimum absolute atomic E-state index is 0. The summed E-state index contributed by atoms with van der Waals surface area (Å²) in [6, 6.07) is 0. The topological polar surface area (TPSA) is 30.0 Å². The second kappa shape index (κ2) is 4.83. The van der Waals surface area contributed by atoms with Crippen LogP contribution in [0.25, 0.3) is 0 Å². The Morgan fingerprint density at radius 3 is 1.83 bits per heavy atom. The smallest absolute Gasteiger partial charge is 0.0789 e. The summed E-state index contributed by atoms with van der Waals surface area (Å²) in [4.78, 5) is 0. The van der Waals surface area contributed by atoms with Gasteiger partial charge in [0.15, 0.2) is 0 Å². The van der Waals surface area contributed by atoms with Crippen molar-refractivity contribution in [2.45, 2.75) is 33.6 Å². The maximum atomic E-state index is 2.39. The maximum absolute atomic E-state index is 2.39. The van der Waals surface area contributed by atoms with Crippen LogP contribution in [0.3, 0.4) is 0 Å². The standard InChI is InChI=1S/C10H22N.H2O/c1-4-11(5-2)8-6-10(3)7-9-11;/h10H,4-9H2,1-3H3;1H2/q+1;/p-1. The molecule has 1 aliphatic heterocycles. The van der Waals surface area contributed by atoms with E-state index in [1.165, 1.54) is 43.5 Å². The van der Waals surface area contributed by atoms with E-state index in [2.05, 4.69) is 20.8 Å². The molecule has 0 aromatic rings. The molecule has 74 valence electrons. The highest BCUT2D eigenvalue weighted by molar-refractivity contribution is 4.59. The van der Waals surface area contributed by atoms with Crippen LogP contribution in [-0.4, -0.2) is 36.1 Å². The van der Waals surface area contributed by atoms with Crippen LogP contribution in [0, 0.1) is 5.92 Å². The van der Waals surface area contributed by atoms with Crippen molar-refractivity contribution in [2.24, 2.45) is 5.92 Å². The third-order valence-corrected chi connectivity index (χ3v) is 3.53. The van der Waals surface area contributed by atoms with Gasteiger partial charge in [0.2, 0.25) is 0 Å². The first-order valence-corrected chi connectivity index (χ1v) is 5.07. The van der Waals surface area contributed by atoms with Gasteiger partial charge in [0.05, 0.1) is 26.2 Å². The van der Waals surface area contributed by atoms with Gasteiger partial charge in [0, 0.05) is 0 Å². The van der Waals surface area contributed by atoms with Gasteiger partial charge in [-0.3, -0.25) is 0 Å². The van der Waals surface area contributed by atoms with Crippen molar-refractivity contribution >= 4 is 0 Å². The van der Waals surface area contributed by atoms with E-state index in [1.807, 2.05) is 0 Å². The highest BCUT2D eigenvalue weighted by atomic mass is 16.0. The molecule has 1 heterocycles. The molecule has 1 aliphatic rings. The van der Waals surface area contributed by atoms with E-state index in [9.17, 15) is 0 Å². The molecule has 0 radical (unpaired) electrons. The second-order valence-corrected chi connectivity index (χ2v) is 4.10. The summed E-state index contributed by atoms with van der Waals surface area (Å²) in [5, 5.41) is 0. The molecule has 0 unspecified atom stereocenters. The zero-order chi connectivity index (χ0) is 8.32. The first-order chi connectivity index (χ1) is 5.22. The van der Waals surface area contributed by atoms with Crippen LogP contribution in [-0.2, 0) is 0 Å². The highest BCUT2D eigenvalue weighted by Gasteiger charge is 2.28. The van der Waals surface area contributed by atoms with Crippen molar-refractivity contribution in [1.29, 1.82) is 0 Å². The van der Waals surface area contributed by atoms with E-state index in [-0.39, 0.29) is 5.48 Å². The summed E-state index contributed by atoms with van der Waals surface area (Å²) in [5.41, 5.74) is 0. The number of rotatable bonds is 2. The van der Waals surface area contributed by atoms with Crippen LogP contribution in [0.15, 0.2) is 0 Å². The van der Waals surface area contributed by atoms with Gasteiger partial charge in [0.25, 0.3) is 0 Å². The largest absolute Gasteiger partial charge is 0.870 e. The Labute approximate surface area is 76.5 Å². The third kappa shape index (κ3) is 2.46. The summed E-state index contributed by atoms with van der Waals surface area (Å²) in [7, 11) is 0. The maximum Gasteiger partial charge on any atom is 0.0789 e. The quantitative estimate of drug-likeness (QED) is 0.588. The third-order valence-electron chi connectivity index (χ3n) is 3.53. The molecule has 12 heavy (non-hydrogen) atoms. The van der Waals surface area contributed by atoms with Crippen molar-refractivity contribution in [3.63, 3.8) is 0 Å². The van der Waals surface area contributed by atoms with Gasteiger partial charge in [-0.2, -0.15) is 0 Å². The minimum Gasteiger partial charge on any atom is -0.870 e. The van der Waals surface area contributed by atoms with E-state index >= 15 is 0 Å². The number of quaternary nitrogens is 1. The number of hydrogen-bond donors (Lipinski definition) is 0. The molecule has 1 fully saturated rings. The fourth-order valence-electron chi connectivity index (χ4n) is 2.10. The first kappa shape index (κ1) is 11.9. The molecule has 1 N–H and O–H groups in total. The van der Waals surface area contributed by atoms with Gasteiger partial charge in [0.1, 0.15) is 0 Å². The highest BCUT2D eigenvalue weighted by Crippen LogP contribution is 2.22. The lowest BCUT2D eigenvalue weighted by Gasteiger charge is -2.41. The van der Waals surface area contributed by atoms with Crippen molar-refractivity contribution in [1.82, 2.24) is 0 Å². The number of hydrogen-bond acceptors (Lipinski definition) is 1. The molecule has 0 amide bonds. The Morgan fingerprint density at radius 1 is 1.08 bits per heavy atom. The van der Waals surface area contributed by atoms with Gasteiger partial charge < -0.3 is 9.96 Å². The monoisotopic (exact) mass is 173 g/mol. The van der Waals surface area contributed by atoms with Gasteiger partial charge in [-0.1, -0.05) is 6.92 Å². The summed E-state index contributed by atoms with van der Waals surface area (Å²) < 4.78 is 1.38. The van der Waals surface area contributed by atoms with E-state index < -0.39 is 0 Å².